The van der Waals surface area contributed by atoms with Crippen LogP contribution in [0, 0.1) is 11.8 Å². The lowest BCUT2D eigenvalue weighted by molar-refractivity contribution is 0.0536. The lowest BCUT2D eigenvalue weighted by Gasteiger charge is -2.42. The number of hydrogen-bond acceptors (Lipinski definition) is 5. The van der Waals surface area contributed by atoms with Gasteiger partial charge in [-0.05, 0) is 49.6 Å². The summed E-state index contributed by atoms with van der Waals surface area (Å²) in [4.78, 5) is 3.59. The Morgan fingerprint density at radius 1 is 1.23 bits per heavy atom. The molecule has 22 heavy (non-hydrogen) atoms. The zero-order valence-corrected chi connectivity index (χ0v) is 13.9. The van der Waals surface area contributed by atoms with E-state index in [1.165, 1.54) is 45.2 Å². The molecule has 2 aromatic heterocycles. The fraction of sp³-hybridized carbons (Fsp3) is 0.647. The van der Waals surface area contributed by atoms with Crippen LogP contribution in [0.2, 0.25) is 0 Å². The fourth-order valence-electron chi connectivity index (χ4n) is 4.04. The minimum Gasteiger partial charge on any atom is -0.418 e. The molecular weight excluding hydrogens is 294 g/mol. The number of hydrogen-bond donors (Lipinski definition) is 0. The number of piperidine rings is 1. The van der Waals surface area contributed by atoms with E-state index < -0.39 is 0 Å². The SMILES string of the molecule is CC(c1nnc(-c2cccs2)o1)N1CCC2CCCCC2C1. The van der Waals surface area contributed by atoms with Gasteiger partial charge in [0.25, 0.3) is 5.89 Å². The van der Waals surface area contributed by atoms with Gasteiger partial charge in [-0.25, -0.2) is 0 Å². The van der Waals surface area contributed by atoms with E-state index in [0.717, 1.165) is 22.6 Å². The van der Waals surface area contributed by atoms with Crippen LogP contribution >= 0.6 is 11.3 Å². The van der Waals surface area contributed by atoms with Crippen molar-refractivity contribution in [2.75, 3.05) is 13.1 Å². The highest BCUT2D eigenvalue weighted by Gasteiger charge is 2.34. The first-order valence-electron chi connectivity index (χ1n) is 8.42. The Bertz CT molecular complexity index is 609. The lowest BCUT2D eigenvalue weighted by atomic mass is 9.75. The molecule has 0 bridgehead atoms. The summed E-state index contributed by atoms with van der Waals surface area (Å²) in [6.07, 6.45) is 7.02. The van der Waals surface area contributed by atoms with Gasteiger partial charge in [0.05, 0.1) is 10.9 Å². The number of nitrogens with zero attached hydrogens (tertiary/aromatic N) is 3. The Labute approximate surface area is 135 Å². The van der Waals surface area contributed by atoms with Crippen molar-refractivity contribution in [1.82, 2.24) is 15.1 Å². The van der Waals surface area contributed by atoms with Crippen LogP contribution < -0.4 is 0 Å². The fourth-order valence-corrected chi connectivity index (χ4v) is 4.68. The van der Waals surface area contributed by atoms with Crippen molar-refractivity contribution in [3.05, 3.63) is 23.4 Å². The summed E-state index contributed by atoms with van der Waals surface area (Å²) < 4.78 is 5.93. The van der Waals surface area contributed by atoms with Crippen molar-refractivity contribution >= 4 is 11.3 Å². The van der Waals surface area contributed by atoms with E-state index in [0.29, 0.717) is 5.89 Å². The maximum absolute atomic E-state index is 5.93. The van der Waals surface area contributed by atoms with Gasteiger partial charge in [-0.15, -0.1) is 21.5 Å². The summed E-state index contributed by atoms with van der Waals surface area (Å²) in [6.45, 7) is 4.57. The van der Waals surface area contributed by atoms with Gasteiger partial charge in [0.15, 0.2) is 0 Å². The molecule has 3 heterocycles. The van der Waals surface area contributed by atoms with Gasteiger partial charge in [0, 0.05) is 6.54 Å². The van der Waals surface area contributed by atoms with E-state index in [1.54, 1.807) is 11.3 Å². The number of likely N-dealkylation sites (tertiary alicyclic amines) is 1. The molecule has 0 spiro atoms. The molecule has 1 saturated heterocycles. The van der Waals surface area contributed by atoms with Crippen molar-refractivity contribution in [3.63, 3.8) is 0 Å². The summed E-state index contributed by atoms with van der Waals surface area (Å²) in [5, 5.41) is 10.6. The zero-order valence-electron chi connectivity index (χ0n) is 13.1. The van der Waals surface area contributed by atoms with Crippen molar-refractivity contribution in [3.8, 4) is 10.8 Å². The van der Waals surface area contributed by atoms with Crippen LogP contribution in [0.25, 0.3) is 10.8 Å². The number of thiophene rings is 1. The highest BCUT2D eigenvalue weighted by atomic mass is 32.1. The molecule has 0 aromatic carbocycles. The molecular formula is C17H23N3OS. The van der Waals surface area contributed by atoms with Crippen LogP contribution in [-0.4, -0.2) is 28.2 Å². The molecule has 3 unspecified atom stereocenters. The minimum atomic E-state index is 0.226. The van der Waals surface area contributed by atoms with Crippen molar-refractivity contribution in [2.45, 2.75) is 45.1 Å². The molecule has 2 fully saturated rings. The Morgan fingerprint density at radius 3 is 2.91 bits per heavy atom. The standard InChI is InChI=1S/C17H23N3OS/c1-12(16-18-19-17(21-16)15-7-4-10-22-15)20-9-8-13-5-2-3-6-14(13)11-20/h4,7,10,12-14H,2-3,5-6,8-9,11H2,1H3. The Hall–Kier alpha value is -1.20. The average Bonchev–Trinajstić information content (AvgIpc) is 3.24. The van der Waals surface area contributed by atoms with Gasteiger partial charge in [0.2, 0.25) is 5.89 Å². The maximum Gasteiger partial charge on any atom is 0.257 e. The van der Waals surface area contributed by atoms with E-state index in [1.807, 2.05) is 17.5 Å². The van der Waals surface area contributed by atoms with Crippen LogP contribution in [0.1, 0.15) is 51.0 Å². The summed E-state index contributed by atoms with van der Waals surface area (Å²) in [5.41, 5.74) is 0. The van der Waals surface area contributed by atoms with Gasteiger partial charge in [-0.3, -0.25) is 4.90 Å². The molecule has 2 aromatic rings. The van der Waals surface area contributed by atoms with E-state index in [9.17, 15) is 0 Å². The van der Waals surface area contributed by atoms with Crippen LogP contribution in [-0.2, 0) is 0 Å². The molecule has 4 rings (SSSR count). The first-order chi connectivity index (χ1) is 10.8. The molecule has 1 aliphatic heterocycles. The second-order valence-corrected chi connectivity index (χ2v) is 7.63. The van der Waals surface area contributed by atoms with E-state index in [-0.39, 0.29) is 6.04 Å². The average molecular weight is 317 g/mol. The normalized spacial score (nSPS) is 27.5. The van der Waals surface area contributed by atoms with E-state index in [4.69, 9.17) is 4.42 Å². The van der Waals surface area contributed by atoms with Crippen LogP contribution in [0.3, 0.4) is 0 Å². The quantitative estimate of drug-likeness (QED) is 0.843. The van der Waals surface area contributed by atoms with Gasteiger partial charge in [-0.2, -0.15) is 0 Å². The summed E-state index contributed by atoms with van der Waals surface area (Å²) >= 11 is 1.64. The maximum atomic E-state index is 5.93. The molecule has 0 amide bonds. The van der Waals surface area contributed by atoms with Gasteiger partial charge >= 0.3 is 0 Å². The summed E-state index contributed by atoms with van der Waals surface area (Å²) in [5.74, 6) is 3.26. The third-order valence-electron chi connectivity index (χ3n) is 5.40. The van der Waals surface area contributed by atoms with Crippen LogP contribution in [0.5, 0.6) is 0 Å². The van der Waals surface area contributed by atoms with Crippen molar-refractivity contribution in [2.24, 2.45) is 11.8 Å². The Balaban J connectivity index is 1.46. The molecule has 0 radical (unpaired) electrons. The van der Waals surface area contributed by atoms with Gasteiger partial charge in [-0.1, -0.05) is 25.3 Å². The largest absolute Gasteiger partial charge is 0.418 e. The second kappa shape index (κ2) is 6.13. The predicted molar refractivity (Wildman–Crippen MR) is 87.7 cm³/mol. The predicted octanol–water partition coefficient (Wildman–Crippen LogP) is 4.37. The van der Waals surface area contributed by atoms with Crippen LogP contribution in [0.15, 0.2) is 21.9 Å². The van der Waals surface area contributed by atoms with Gasteiger partial charge < -0.3 is 4.42 Å². The Kier molecular flexibility index (Phi) is 4.01. The van der Waals surface area contributed by atoms with Gasteiger partial charge in [0.1, 0.15) is 0 Å². The summed E-state index contributed by atoms with van der Waals surface area (Å²) in [6, 6.07) is 4.27. The molecule has 2 aliphatic rings. The first-order valence-corrected chi connectivity index (χ1v) is 9.30. The summed E-state index contributed by atoms with van der Waals surface area (Å²) in [7, 11) is 0. The molecule has 0 N–H and O–H groups in total. The zero-order chi connectivity index (χ0) is 14.9. The monoisotopic (exact) mass is 317 g/mol. The molecule has 1 saturated carbocycles. The number of aromatic nitrogens is 2. The number of rotatable bonds is 3. The lowest BCUT2D eigenvalue weighted by Crippen LogP contribution is -2.42. The van der Waals surface area contributed by atoms with Crippen molar-refractivity contribution in [1.29, 1.82) is 0 Å². The smallest absolute Gasteiger partial charge is 0.257 e. The Morgan fingerprint density at radius 2 is 2.09 bits per heavy atom. The third-order valence-corrected chi connectivity index (χ3v) is 6.26. The second-order valence-electron chi connectivity index (χ2n) is 6.69. The molecule has 5 heteroatoms. The van der Waals surface area contributed by atoms with E-state index in [2.05, 4.69) is 22.0 Å². The molecule has 3 atom stereocenters. The minimum absolute atomic E-state index is 0.226. The number of fused-ring (bicyclic) bond motifs is 1. The first kappa shape index (κ1) is 14.4. The van der Waals surface area contributed by atoms with E-state index >= 15 is 0 Å². The van der Waals surface area contributed by atoms with Crippen LogP contribution in [0.4, 0.5) is 0 Å². The molecule has 118 valence electrons. The third kappa shape index (κ3) is 2.72. The highest BCUT2D eigenvalue weighted by Crippen LogP contribution is 2.38. The topological polar surface area (TPSA) is 42.2 Å². The molecule has 1 aliphatic carbocycles. The van der Waals surface area contributed by atoms with Crippen molar-refractivity contribution < 1.29 is 4.42 Å². The molecule has 4 nitrogen and oxygen atoms in total. The highest BCUT2D eigenvalue weighted by molar-refractivity contribution is 7.13.